The van der Waals surface area contributed by atoms with Gasteiger partial charge in [-0.1, -0.05) is 45.4 Å². The molecule has 1 aliphatic rings. The summed E-state index contributed by atoms with van der Waals surface area (Å²) in [5.74, 6) is 0.117. The molecule has 0 atom stereocenters. The van der Waals surface area contributed by atoms with E-state index in [1.165, 1.54) is 32.1 Å². The molecule has 0 aliphatic heterocycles. The summed E-state index contributed by atoms with van der Waals surface area (Å²) < 4.78 is 7.24. The predicted octanol–water partition coefficient (Wildman–Crippen LogP) is 4.13. The van der Waals surface area contributed by atoms with Gasteiger partial charge in [0.2, 0.25) is 11.8 Å². The number of hydrogen-bond acceptors (Lipinski definition) is 3. The zero-order valence-corrected chi connectivity index (χ0v) is 19.3. The first-order valence-corrected chi connectivity index (χ1v) is 11.7. The molecule has 0 unspecified atom stereocenters. The number of ether oxygens (including phenoxy) is 1. The van der Waals surface area contributed by atoms with E-state index in [4.69, 9.17) is 4.74 Å². The van der Waals surface area contributed by atoms with Gasteiger partial charge in [-0.3, -0.25) is 9.59 Å². The highest BCUT2D eigenvalue weighted by atomic mass is 16.5. The molecule has 1 aromatic heterocycles. The summed E-state index contributed by atoms with van der Waals surface area (Å²) in [7, 11) is 3.63. The van der Waals surface area contributed by atoms with E-state index < -0.39 is 0 Å². The quantitative estimate of drug-likeness (QED) is 0.379. The molecule has 1 fully saturated rings. The minimum atomic E-state index is 0.0442. The lowest BCUT2D eigenvalue weighted by Gasteiger charge is -2.28. The van der Waals surface area contributed by atoms with E-state index in [9.17, 15) is 9.59 Å². The van der Waals surface area contributed by atoms with Crippen LogP contribution in [0.1, 0.15) is 76.8 Å². The van der Waals surface area contributed by atoms with Gasteiger partial charge in [-0.25, -0.2) is 0 Å². The van der Waals surface area contributed by atoms with Crippen molar-refractivity contribution in [3.05, 3.63) is 24.0 Å². The summed E-state index contributed by atoms with van der Waals surface area (Å²) in [6.07, 6.45) is 12.9. The lowest BCUT2D eigenvalue weighted by atomic mass is 10.1. The molecule has 1 saturated carbocycles. The fourth-order valence-electron chi connectivity index (χ4n) is 3.78. The minimum Gasteiger partial charge on any atom is -0.383 e. The van der Waals surface area contributed by atoms with Gasteiger partial charge in [0, 0.05) is 45.1 Å². The second kappa shape index (κ2) is 13.5. The monoisotopic (exact) mass is 419 g/mol. The lowest BCUT2D eigenvalue weighted by molar-refractivity contribution is -0.141. The molecular weight excluding hydrogens is 378 g/mol. The van der Waals surface area contributed by atoms with Crippen molar-refractivity contribution in [2.24, 2.45) is 7.05 Å². The van der Waals surface area contributed by atoms with Crippen LogP contribution in [0.3, 0.4) is 0 Å². The average molecular weight is 420 g/mol. The van der Waals surface area contributed by atoms with Crippen LogP contribution in [-0.4, -0.2) is 59.0 Å². The van der Waals surface area contributed by atoms with Gasteiger partial charge in [-0.05, 0) is 31.4 Å². The summed E-state index contributed by atoms with van der Waals surface area (Å²) in [4.78, 5) is 29.5. The van der Waals surface area contributed by atoms with Gasteiger partial charge in [0.25, 0.3) is 0 Å². The molecule has 6 heteroatoms. The van der Waals surface area contributed by atoms with Gasteiger partial charge in [0.1, 0.15) is 0 Å². The number of aryl methyl sites for hydroxylation is 1. The summed E-state index contributed by atoms with van der Waals surface area (Å²) in [6, 6.07) is 4.37. The Morgan fingerprint density at radius 3 is 2.40 bits per heavy atom. The molecule has 1 heterocycles. The first kappa shape index (κ1) is 24.4. The number of carbonyl (C=O) groups is 2. The van der Waals surface area contributed by atoms with Crippen molar-refractivity contribution in [3.8, 4) is 0 Å². The summed E-state index contributed by atoms with van der Waals surface area (Å²) in [5.41, 5.74) is 1.12. The van der Waals surface area contributed by atoms with Gasteiger partial charge in [-0.15, -0.1) is 0 Å². The second-order valence-electron chi connectivity index (χ2n) is 8.54. The van der Waals surface area contributed by atoms with E-state index >= 15 is 0 Å². The third kappa shape index (κ3) is 8.50. The summed E-state index contributed by atoms with van der Waals surface area (Å²) >= 11 is 0. The van der Waals surface area contributed by atoms with Gasteiger partial charge >= 0.3 is 0 Å². The van der Waals surface area contributed by atoms with Crippen LogP contribution < -0.4 is 0 Å². The largest absolute Gasteiger partial charge is 0.383 e. The van der Waals surface area contributed by atoms with Crippen molar-refractivity contribution in [1.82, 2.24) is 14.4 Å². The Morgan fingerprint density at radius 2 is 1.80 bits per heavy atom. The number of unbranched alkanes of at least 4 members (excludes halogenated alkanes) is 6. The van der Waals surface area contributed by atoms with E-state index in [1.54, 1.807) is 12.0 Å². The second-order valence-corrected chi connectivity index (χ2v) is 8.54. The molecule has 30 heavy (non-hydrogen) atoms. The van der Waals surface area contributed by atoms with Crippen LogP contribution in [0.25, 0.3) is 0 Å². The van der Waals surface area contributed by atoms with Gasteiger partial charge in [0.15, 0.2) is 0 Å². The molecule has 0 N–H and O–H groups in total. The fraction of sp³-hybridized carbons (Fsp3) is 0.750. The van der Waals surface area contributed by atoms with Crippen LogP contribution in [-0.2, 0) is 27.9 Å². The number of aromatic nitrogens is 1. The van der Waals surface area contributed by atoms with Gasteiger partial charge < -0.3 is 19.1 Å². The molecule has 1 aromatic rings. The van der Waals surface area contributed by atoms with Crippen LogP contribution in [0.2, 0.25) is 0 Å². The Bertz CT molecular complexity index is 639. The first-order chi connectivity index (χ1) is 14.6. The number of amides is 2. The molecule has 0 aromatic carbocycles. The number of rotatable bonds is 16. The maximum absolute atomic E-state index is 13.1. The molecule has 170 valence electrons. The van der Waals surface area contributed by atoms with Gasteiger partial charge in [-0.2, -0.15) is 0 Å². The fourth-order valence-corrected chi connectivity index (χ4v) is 3.78. The molecule has 0 spiro atoms. The highest BCUT2D eigenvalue weighted by Gasteiger charge is 2.34. The molecule has 0 saturated heterocycles. The molecule has 2 rings (SSSR count). The van der Waals surface area contributed by atoms with Gasteiger partial charge in [0.05, 0.1) is 19.7 Å². The molecular formula is C24H41N3O3. The first-order valence-electron chi connectivity index (χ1n) is 11.7. The zero-order chi connectivity index (χ0) is 21.8. The van der Waals surface area contributed by atoms with E-state index in [-0.39, 0.29) is 18.4 Å². The van der Waals surface area contributed by atoms with Crippen LogP contribution in [0.15, 0.2) is 18.3 Å². The third-order valence-corrected chi connectivity index (χ3v) is 5.93. The zero-order valence-electron chi connectivity index (χ0n) is 19.3. The topological polar surface area (TPSA) is 54.8 Å². The Kier molecular flexibility index (Phi) is 11.0. The number of nitrogens with zero attached hydrogens (tertiary/aromatic N) is 3. The number of hydrogen-bond donors (Lipinski definition) is 0. The number of methoxy groups -OCH3 is 1. The molecule has 6 nitrogen and oxygen atoms in total. The van der Waals surface area contributed by atoms with E-state index in [2.05, 4.69) is 17.6 Å². The van der Waals surface area contributed by atoms with Crippen molar-refractivity contribution in [3.63, 3.8) is 0 Å². The minimum absolute atomic E-state index is 0.0442. The summed E-state index contributed by atoms with van der Waals surface area (Å²) in [5, 5.41) is 0. The van der Waals surface area contributed by atoms with Crippen molar-refractivity contribution < 1.29 is 14.3 Å². The standard InChI is InChI=1S/C24H41N3O3/c1-4-5-6-7-8-9-10-13-23(28)26(17-18-30-3)20-24(29)27(21-14-15-21)19-22-12-11-16-25(22)2/h11-12,16,21H,4-10,13-15,17-20H2,1-3H3. The molecule has 0 radical (unpaired) electrons. The highest BCUT2D eigenvalue weighted by molar-refractivity contribution is 5.85. The van der Waals surface area contributed by atoms with Crippen molar-refractivity contribution in [2.45, 2.75) is 83.7 Å². The van der Waals surface area contributed by atoms with Crippen LogP contribution in [0, 0.1) is 0 Å². The maximum Gasteiger partial charge on any atom is 0.242 e. The Hall–Kier alpha value is -1.82. The maximum atomic E-state index is 13.1. The summed E-state index contributed by atoms with van der Waals surface area (Å²) in [6.45, 7) is 3.91. The highest BCUT2D eigenvalue weighted by Crippen LogP contribution is 2.28. The Morgan fingerprint density at radius 1 is 1.10 bits per heavy atom. The smallest absolute Gasteiger partial charge is 0.242 e. The molecule has 2 amide bonds. The van der Waals surface area contributed by atoms with Crippen molar-refractivity contribution in [2.75, 3.05) is 26.8 Å². The van der Waals surface area contributed by atoms with Crippen LogP contribution in [0.5, 0.6) is 0 Å². The van der Waals surface area contributed by atoms with E-state index in [1.807, 2.05) is 24.2 Å². The normalized spacial score (nSPS) is 13.4. The number of carbonyl (C=O) groups excluding carboxylic acids is 2. The Balaban J connectivity index is 1.84. The van der Waals surface area contributed by atoms with Crippen molar-refractivity contribution >= 4 is 11.8 Å². The van der Waals surface area contributed by atoms with E-state index in [0.29, 0.717) is 32.2 Å². The van der Waals surface area contributed by atoms with Crippen LogP contribution in [0.4, 0.5) is 0 Å². The molecule has 0 bridgehead atoms. The van der Waals surface area contributed by atoms with E-state index in [0.717, 1.165) is 31.4 Å². The lowest BCUT2D eigenvalue weighted by Crippen LogP contribution is -2.44. The third-order valence-electron chi connectivity index (χ3n) is 5.93. The SMILES string of the molecule is CCCCCCCCCC(=O)N(CCOC)CC(=O)N(Cc1cccn1C)C1CC1. The van der Waals surface area contributed by atoms with Crippen LogP contribution >= 0.6 is 0 Å². The molecule has 1 aliphatic carbocycles. The average Bonchev–Trinajstić information content (AvgIpc) is 3.50. The van der Waals surface area contributed by atoms with Crippen molar-refractivity contribution in [1.29, 1.82) is 0 Å². The Labute approximate surface area is 182 Å². The predicted molar refractivity (Wildman–Crippen MR) is 120 cm³/mol.